The number of benzene rings is 1. The molecule has 2 rings (SSSR count). The van der Waals surface area contributed by atoms with Crippen molar-refractivity contribution in [3.63, 3.8) is 0 Å². The van der Waals surface area contributed by atoms with Crippen LogP contribution in [0.5, 0.6) is 0 Å². The zero-order valence-corrected chi connectivity index (χ0v) is 13.2. The highest BCUT2D eigenvalue weighted by Gasteiger charge is 2.08. The molecule has 0 spiro atoms. The monoisotopic (exact) mass is 305 g/mol. The van der Waals surface area contributed by atoms with Crippen molar-refractivity contribution in [2.45, 2.75) is 32.9 Å². The molecule has 1 heterocycles. The Morgan fingerprint density at radius 1 is 1.24 bits per heavy atom. The minimum Gasteiger partial charge on any atom is -0.380 e. The van der Waals surface area contributed by atoms with Crippen LogP contribution in [0, 0.1) is 0 Å². The van der Waals surface area contributed by atoms with Gasteiger partial charge < -0.3 is 10.1 Å². The largest absolute Gasteiger partial charge is 0.380 e. The van der Waals surface area contributed by atoms with Gasteiger partial charge in [0.15, 0.2) is 0 Å². The van der Waals surface area contributed by atoms with Crippen LogP contribution in [0.2, 0.25) is 5.15 Å². The van der Waals surface area contributed by atoms with E-state index in [1.54, 1.807) is 7.11 Å². The molecule has 21 heavy (non-hydrogen) atoms. The average molecular weight is 306 g/mol. The first-order valence-corrected chi connectivity index (χ1v) is 7.42. The van der Waals surface area contributed by atoms with Gasteiger partial charge in [0.1, 0.15) is 17.3 Å². The van der Waals surface area contributed by atoms with Gasteiger partial charge in [-0.25, -0.2) is 9.97 Å². The summed E-state index contributed by atoms with van der Waals surface area (Å²) in [6, 6.07) is 8.29. The second-order valence-electron chi connectivity index (χ2n) is 4.85. The standard InChI is InChI=1S/C16H20ClN3O/c1-3-5-14-15(17)19-11-20-16(14)18-9-12-6-4-7-13(8-12)10-21-2/h4,6-8,11H,3,5,9-10H2,1-2H3,(H,18,19,20). The van der Waals surface area contributed by atoms with Crippen molar-refractivity contribution in [3.05, 3.63) is 52.4 Å². The highest BCUT2D eigenvalue weighted by molar-refractivity contribution is 6.30. The van der Waals surface area contributed by atoms with Crippen LogP contribution in [0.3, 0.4) is 0 Å². The molecule has 0 bridgehead atoms. The van der Waals surface area contributed by atoms with Crippen LogP contribution in [-0.4, -0.2) is 17.1 Å². The van der Waals surface area contributed by atoms with Crippen LogP contribution < -0.4 is 5.32 Å². The van der Waals surface area contributed by atoms with Crippen molar-refractivity contribution >= 4 is 17.4 Å². The first-order valence-electron chi connectivity index (χ1n) is 7.04. The summed E-state index contributed by atoms with van der Waals surface area (Å²) < 4.78 is 5.15. The molecule has 1 aromatic heterocycles. The van der Waals surface area contributed by atoms with E-state index in [9.17, 15) is 0 Å². The fourth-order valence-corrected chi connectivity index (χ4v) is 2.42. The highest BCUT2D eigenvalue weighted by Crippen LogP contribution is 2.22. The third-order valence-electron chi connectivity index (χ3n) is 3.16. The van der Waals surface area contributed by atoms with Crippen molar-refractivity contribution in [2.24, 2.45) is 0 Å². The first kappa shape index (κ1) is 15.7. The Morgan fingerprint density at radius 2 is 2.05 bits per heavy atom. The Bertz CT molecular complexity index is 589. The number of nitrogens with one attached hydrogen (secondary N) is 1. The zero-order valence-electron chi connectivity index (χ0n) is 12.4. The van der Waals surface area contributed by atoms with Gasteiger partial charge in [-0.05, 0) is 17.5 Å². The van der Waals surface area contributed by atoms with E-state index in [2.05, 4.69) is 40.4 Å². The lowest BCUT2D eigenvalue weighted by molar-refractivity contribution is 0.185. The zero-order chi connectivity index (χ0) is 15.1. The number of halogens is 1. The lowest BCUT2D eigenvalue weighted by Crippen LogP contribution is -2.06. The maximum Gasteiger partial charge on any atom is 0.137 e. The summed E-state index contributed by atoms with van der Waals surface area (Å²) in [6.07, 6.45) is 3.36. The number of anilines is 1. The molecule has 1 aromatic carbocycles. The minimum atomic E-state index is 0.530. The van der Waals surface area contributed by atoms with Gasteiger partial charge >= 0.3 is 0 Å². The molecule has 0 radical (unpaired) electrons. The summed E-state index contributed by atoms with van der Waals surface area (Å²) in [5.41, 5.74) is 3.32. The van der Waals surface area contributed by atoms with Gasteiger partial charge in [0.05, 0.1) is 6.61 Å². The highest BCUT2D eigenvalue weighted by atomic mass is 35.5. The molecule has 0 unspecified atom stereocenters. The molecule has 4 nitrogen and oxygen atoms in total. The molecule has 0 saturated carbocycles. The molecule has 0 amide bonds. The molecule has 112 valence electrons. The van der Waals surface area contributed by atoms with E-state index >= 15 is 0 Å². The number of aromatic nitrogens is 2. The van der Waals surface area contributed by atoms with E-state index in [1.807, 2.05) is 6.07 Å². The lowest BCUT2D eigenvalue weighted by Gasteiger charge is -2.12. The van der Waals surface area contributed by atoms with E-state index in [0.29, 0.717) is 18.3 Å². The fourth-order valence-electron chi connectivity index (χ4n) is 2.20. The predicted octanol–water partition coefficient (Wildman–Crippen LogP) is 3.84. The maximum atomic E-state index is 6.15. The van der Waals surface area contributed by atoms with Crippen LogP contribution in [0.15, 0.2) is 30.6 Å². The van der Waals surface area contributed by atoms with Gasteiger partial charge in [0.2, 0.25) is 0 Å². The Balaban J connectivity index is 2.09. The van der Waals surface area contributed by atoms with Crippen LogP contribution in [-0.2, 0) is 24.3 Å². The van der Waals surface area contributed by atoms with Gasteiger partial charge in [-0.15, -0.1) is 0 Å². The Labute approximate surface area is 130 Å². The van der Waals surface area contributed by atoms with Crippen LogP contribution in [0.4, 0.5) is 5.82 Å². The molecular formula is C16H20ClN3O. The van der Waals surface area contributed by atoms with E-state index in [-0.39, 0.29) is 0 Å². The van der Waals surface area contributed by atoms with Gasteiger partial charge in [-0.3, -0.25) is 0 Å². The van der Waals surface area contributed by atoms with E-state index in [1.165, 1.54) is 11.9 Å². The minimum absolute atomic E-state index is 0.530. The van der Waals surface area contributed by atoms with Crippen molar-refractivity contribution < 1.29 is 4.74 Å². The van der Waals surface area contributed by atoms with E-state index in [4.69, 9.17) is 16.3 Å². The molecule has 0 atom stereocenters. The second kappa shape index (κ2) is 7.96. The van der Waals surface area contributed by atoms with Gasteiger partial charge in [0.25, 0.3) is 0 Å². The van der Waals surface area contributed by atoms with Gasteiger partial charge in [-0.2, -0.15) is 0 Å². The average Bonchev–Trinajstić information content (AvgIpc) is 2.49. The number of hydrogen-bond donors (Lipinski definition) is 1. The molecule has 0 fully saturated rings. The summed E-state index contributed by atoms with van der Waals surface area (Å²) in [5, 5.41) is 3.88. The van der Waals surface area contributed by atoms with Gasteiger partial charge in [-0.1, -0.05) is 49.2 Å². The summed E-state index contributed by atoms with van der Waals surface area (Å²) in [5.74, 6) is 0.814. The quantitative estimate of drug-likeness (QED) is 0.790. The summed E-state index contributed by atoms with van der Waals surface area (Å²) >= 11 is 6.15. The van der Waals surface area contributed by atoms with E-state index < -0.39 is 0 Å². The Hall–Kier alpha value is -1.65. The second-order valence-corrected chi connectivity index (χ2v) is 5.21. The molecule has 5 heteroatoms. The lowest BCUT2D eigenvalue weighted by atomic mass is 10.1. The van der Waals surface area contributed by atoms with Crippen LogP contribution >= 0.6 is 11.6 Å². The van der Waals surface area contributed by atoms with Crippen molar-refractivity contribution in [3.8, 4) is 0 Å². The summed E-state index contributed by atoms with van der Waals surface area (Å²) in [4.78, 5) is 8.35. The van der Waals surface area contributed by atoms with Crippen molar-refractivity contribution in [1.82, 2.24) is 9.97 Å². The summed E-state index contributed by atoms with van der Waals surface area (Å²) in [6.45, 7) is 3.43. The molecule has 0 aliphatic rings. The molecule has 0 aliphatic heterocycles. The van der Waals surface area contributed by atoms with Crippen LogP contribution in [0.25, 0.3) is 0 Å². The molecule has 0 saturated heterocycles. The SMILES string of the molecule is CCCc1c(Cl)ncnc1NCc1cccc(COC)c1. The number of ether oxygens (including phenoxy) is 1. The molecule has 1 N–H and O–H groups in total. The number of methoxy groups -OCH3 is 1. The number of hydrogen-bond acceptors (Lipinski definition) is 4. The van der Waals surface area contributed by atoms with Crippen LogP contribution in [0.1, 0.15) is 30.0 Å². The topological polar surface area (TPSA) is 47.0 Å². The normalized spacial score (nSPS) is 10.6. The smallest absolute Gasteiger partial charge is 0.137 e. The van der Waals surface area contributed by atoms with Crippen molar-refractivity contribution in [2.75, 3.05) is 12.4 Å². The predicted molar refractivity (Wildman–Crippen MR) is 85.5 cm³/mol. The maximum absolute atomic E-state index is 6.15. The Kier molecular flexibility index (Phi) is 5.96. The van der Waals surface area contributed by atoms with Gasteiger partial charge in [0, 0.05) is 19.2 Å². The number of rotatable bonds is 7. The van der Waals surface area contributed by atoms with Crippen molar-refractivity contribution in [1.29, 1.82) is 0 Å². The first-order chi connectivity index (χ1) is 10.2. The fraction of sp³-hybridized carbons (Fsp3) is 0.375. The third kappa shape index (κ3) is 4.41. The Morgan fingerprint density at radius 3 is 2.81 bits per heavy atom. The molecule has 0 aliphatic carbocycles. The van der Waals surface area contributed by atoms with E-state index in [0.717, 1.165) is 29.8 Å². The number of nitrogens with zero attached hydrogens (tertiary/aromatic N) is 2. The summed E-state index contributed by atoms with van der Waals surface area (Å²) in [7, 11) is 1.70. The molecular weight excluding hydrogens is 286 g/mol. The third-order valence-corrected chi connectivity index (χ3v) is 3.48. The molecule has 2 aromatic rings.